The molecule has 16 heavy (non-hydrogen) atoms. The van der Waals surface area contributed by atoms with Crippen LogP contribution >= 0.6 is 0 Å². The van der Waals surface area contributed by atoms with Crippen LogP contribution in [-0.4, -0.2) is 24.5 Å². The highest BCUT2D eigenvalue weighted by Gasteiger charge is 2.13. The first-order valence-corrected chi connectivity index (χ1v) is 4.72. The van der Waals surface area contributed by atoms with E-state index in [2.05, 4.69) is 5.32 Å². The molecule has 88 valence electrons. The van der Waals surface area contributed by atoms with Gasteiger partial charge < -0.3 is 16.0 Å². The maximum Gasteiger partial charge on any atom is 0.321 e. The molecule has 1 aromatic carbocycles. The number of carbonyl (C=O) groups excluding carboxylic acids is 1. The van der Waals surface area contributed by atoms with E-state index in [4.69, 9.17) is 5.73 Å². The zero-order valence-electron chi connectivity index (χ0n) is 9.05. The highest BCUT2D eigenvalue weighted by molar-refractivity contribution is 5.92. The van der Waals surface area contributed by atoms with E-state index in [-0.39, 0.29) is 11.4 Å². The standard InChI is InChI=1S/C10H13F2N3O/c1-3-15(2)10(16)14-9-7(12)4-6(11)5-8(9)13/h4-5H,3,13H2,1-2H3,(H,14,16). The number of carbonyl (C=O) groups is 1. The third-order valence-electron chi connectivity index (χ3n) is 2.14. The third kappa shape index (κ3) is 2.59. The topological polar surface area (TPSA) is 58.4 Å². The Morgan fingerprint density at radius 2 is 2.12 bits per heavy atom. The summed E-state index contributed by atoms with van der Waals surface area (Å²) >= 11 is 0. The zero-order valence-corrected chi connectivity index (χ0v) is 9.05. The number of hydrogen-bond acceptors (Lipinski definition) is 2. The molecule has 0 saturated carbocycles. The van der Waals surface area contributed by atoms with E-state index in [9.17, 15) is 13.6 Å². The minimum atomic E-state index is -0.893. The maximum atomic E-state index is 13.3. The second kappa shape index (κ2) is 4.78. The van der Waals surface area contributed by atoms with Crippen LogP contribution in [0.2, 0.25) is 0 Å². The van der Waals surface area contributed by atoms with Crippen LogP contribution in [0.15, 0.2) is 12.1 Å². The fraction of sp³-hybridized carbons (Fsp3) is 0.300. The summed E-state index contributed by atoms with van der Waals surface area (Å²) in [5, 5.41) is 2.28. The number of amides is 2. The predicted octanol–water partition coefficient (Wildman–Crippen LogP) is 2.03. The number of nitrogens with one attached hydrogen (secondary N) is 1. The molecule has 0 aliphatic heterocycles. The summed E-state index contributed by atoms with van der Waals surface area (Å²) in [6.45, 7) is 2.23. The van der Waals surface area contributed by atoms with Gasteiger partial charge in [0.15, 0.2) is 5.82 Å². The molecular weight excluding hydrogens is 216 g/mol. The Morgan fingerprint density at radius 3 is 2.62 bits per heavy atom. The normalized spacial score (nSPS) is 10.0. The number of urea groups is 1. The molecule has 3 N–H and O–H groups in total. The molecule has 2 amide bonds. The molecule has 0 fully saturated rings. The summed E-state index contributed by atoms with van der Waals surface area (Å²) < 4.78 is 26.0. The lowest BCUT2D eigenvalue weighted by molar-refractivity contribution is 0.224. The lowest BCUT2D eigenvalue weighted by Crippen LogP contribution is -2.31. The molecule has 0 saturated heterocycles. The first kappa shape index (κ1) is 12.2. The van der Waals surface area contributed by atoms with Gasteiger partial charge in [0.05, 0.1) is 5.69 Å². The third-order valence-corrected chi connectivity index (χ3v) is 2.14. The molecule has 6 heteroatoms. The van der Waals surface area contributed by atoms with Crippen LogP contribution in [0.5, 0.6) is 0 Å². The molecule has 1 aromatic rings. The number of anilines is 2. The maximum absolute atomic E-state index is 13.3. The first-order chi connectivity index (χ1) is 7.45. The van der Waals surface area contributed by atoms with Crippen molar-refractivity contribution in [3.8, 4) is 0 Å². The van der Waals surface area contributed by atoms with Crippen molar-refractivity contribution in [2.24, 2.45) is 0 Å². The second-order valence-electron chi connectivity index (χ2n) is 3.30. The Hall–Kier alpha value is -1.85. The van der Waals surface area contributed by atoms with Gasteiger partial charge in [0, 0.05) is 19.7 Å². The Balaban J connectivity index is 2.93. The van der Waals surface area contributed by atoms with E-state index in [1.54, 1.807) is 14.0 Å². The molecule has 4 nitrogen and oxygen atoms in total. The van der Waals surface area contributed by atoms with Gasteiger partial charge in [0.25, 0.3) is 0 Å². The molecular formula is C10H13F2N3O. The molecule has 0 aliphatic rings. The number of rotatable bonds is 2. The molecule has 0 unspecified atom stereocenters. The summed E-state index contributed by atoms with van der Waals surface area (Å²) in [6.07, 6.45) is 0. The van der Waals surface area contributed by atoms with Crippen LogP contribution < -0.4 is 11.1 Å². The van der Waals surface area contributed by atoms with Gasteiger partial charge in [-0.3, -0.25) is 0 Å². The average Bonchev–Trinajstić information content (AvgIpc) is 2.21. The van der Waals surface area contributed by atoms with Crippen molar-refractivity contribution >= 4 is 17.4 Å². The Bertz CT molecular complexity index is 386. The monoisotopic (exact) mass is 229 g/mol. The van der Waals surface area contributed by atoms with Crippen molar-refractivity contribution in [3.05, 3.63) is 23.8 Å². The number of nitrogens with two attached hydrogens (primary N) is 1. The van der Waals surface area contributed by atoms with Gasteiger partial charge in [-0.2, -0.15) is 0 Å². The zero-order chi connectivity index (χ0) is 12.3. The minimum absolute atomic E-state index is 0.143. The first-order valence-electron chi connectivity index (χ1n) is 4.72. The summed E-state index contributed by atoms with van der Waals surface area (Å²) in [6, 6.07) is 1.11. The van der Waals surface area contributed by atoms with Gasteiger partial charge in [-0.1, -0.05) is 0 Å². The van der Waals surface area contributed by atoms with E-state index in [0.29, 0.717) is 12.6 Å². The van der Waals surface area contributed by atoms with Gasteiger partial charge >= 0.3 is 6.03 Å². The van der Waals surface area contributed by atoms with Gasteiger partial charge in [0.2, 0.25) is 0 Å². The molecule has 0 radical (unpaired) electrons. The van der Waals surface area contributed by atoms with Crippen LogP contribution in [0.25, 0.3) is 0 Å². The van der Waals surface area contributed by atoms with E-state index in [1.807, 2.05) is 0 Å². The van der Waals surface area contributed by atoms with Crippen LogP contribution in [0.1, 0.15) is 6.92 Å². The quantitative estimate of drug-likeness (QED) is 0.762. The fourth-order valence-electron chi connectivity index (χ4n) is 1.07. The minimum Gasteiger partial charge on any atom is -0.397 e. The highest BCUT2D eigenvalue weighted by Crippen LogP contribution is 2.23. The summed E-state index contributed by atoms with van der Waals surface area (Å²) in [5.74, 6) is -1.67. The van der Waals surface area contributed by atoms with E-state index >= 15 is 0 Å². The number of hydrogen-bond donors (Lipinski definition) is 2. The largest absolute Gasteiger partial charge is 0.397 e. The van der Waals surface area contributed by atoms with Crippen LogP contribution in [-0.2, 0) is 0 Å². The molecule has 0 atom stereocenters. The van der Waals surface area contributed by atoms with Crippen molar-refractivity contribution in [2.45, 2.75) is 6.92 Å². The van der Waals surface area contributed by atoms with Crippen molar-refractivity contribution in [1.82, 2.24) is 4.90 Å². The number of benzene rings is 1. The lowest BCUT2D eigenvalue weighted by Gasteiger charge is -2.16. The van der Waals surface area contributed by atoms with Crippen LogP contribution in [0, 0.1) is 11.6 Å². The van der Waals surface area contributed by atoms with Crippen molar-refractivity contribution < 1.29 is 13.6 Å². The van der Waals surface area contributed by atoms with Gasteiger partial charge in [-0.15, -0.1) is 0 Å². The Morgan fingerprint density at radius 1 is 1.50 bits per heavy atom. The lowest BCUT2D eigenvalue weighted by atomic mass is 10.2. The predicted molar refractivity (Wildman–Crippen MR) is 58.1 cm³/mol. The van der Waals surface area contributed by atoms with E-state index < -0.39 is 17.7 Å². The van der Waals surface area contributed by atoms with Crippen molar-refractivity contribution in [2.75, 3.05) is 24.6 Å². The Labute approximate surface area is 92.0 Å². The molecule has 0 spiro atoms. The summed E-state index contributed by atoms with van der Waals surface area (Å²) in [4.78, 5) is 12.8. The SMILES string of the molecule is CCN(C)C(=O)Nc1c(N)cc(F)cc1F. The summed E-state index contributed by atoms with van der Waals surface area (Å²) in [7, 11) is 1.55. The van der Waals surface area contributed by atoms with E-state index in [1.165, 1.54) is 4.90 Å². The second-order valence-corrected chi connectivity index (χ2v) is 3.30. The van der Waals surface area contributed by atoms with Crippen LogP contribution in [0.4, 0.5) is 25.0 Å². The summed E-state index contributed by atoms with van der Waals surface area (Å²) in [5.41, 5.74) is 5.05. The smallest absolute Gasteiger partial charge is 0.321 e. The molecule has 0 bridgehead atoms. The van der Waals surface area contributed by atoms with Crippen LogP contribution in [0.3, 0.4) is 0 Å². The fourth-order valence-corrected chi connectivity index (χ4v) is 1.07. The van der Waals surface area contributed by atoms with Gasteiger partial charge in [-0.05, 0) is 13.0 Å². The Kier molecular flexibility index (Phi) is 3.65. The van der Waals surface area contributed by atoms with Gasteiger partial charge in [-0.25, -0.2) is 13.6 Å². The molecule has 0 aromatic heterocycles. The van der Waals surface area contributed by atoms with Gasteiger partial charge in [0.1, 0.15) is 11.5 Å². The highest BCUT2D eigenvalue weighted by atomic mass is 19.1. The number of nitrogen functional groups attached to an aromatic ring is 1. The number of halogens is 2. The molecule has 0 heterocycles. The molecule has 1 rings (SSSR count). The van der Waals surface area contributed by atoms with E-state index in [0.717, 1.165) is 6.07 Å². The average molecular weight is 229 g/mol. The van der Waals surface area contributed by atoms with Crippen molar-refractivity contribution in [3.63, 3.8) is 0 Å². The number of nitrogens with zero attached hydrogens (tertiary/aromatic N) is 1. The van der Waals surface area contributed by atoms with Crippen molar-refractivity contribution in [1.29, 1.82) is 0 Å². The molecule has 0 aliphatic carbocycles.